The van der Waals surface area contributed by atoms with Crippen molar-refractivity contribution in [3.63, 3.8) is 0 Å². The Morgan fingerprint density at radius 2 is 2.11 bits per heavy atom. The molecule has 1 atom stereocenters. The summed E-state index contributed by atoms with van der Waals surface area (Å²) in [4.78, 5) is 14.4. The molecule has 1 aromatic heterocycles. The van der Waals surface area contributed by atoms with Gasteiger partial charge >= 0.3 is 6.18 Å². The molecule has 1 aliphatic heterocycles. The topological polar surface area (TPSA) is 62.2 Å². The number of alkyl halides is 3. The molecule has 96 valence electrons. The third-order valence-electron chi connectivity index (χ3n) is 2.51. The number of nitrogens with one attached hydrogen (secondary N) is 1. The van der Waals surface area contributed by atoms with Gasteiger partial charge in [0.1, 0.15) is 11.5 Å². The van der Waals surface area contributed by atoms with Gasteiger partial charge in [-0.3, -0.25) is 9.78 Å². The number of rotatable bonds is 1. The first kappa shape index (κ1) is 12.4. The Morgan fingerprint density at radius 3 is 2.61 bits per heavy atom. The third-order valence-corrected chi connectivity index (χ3v) is 2.51. The van der Waals surface area contributed by atoms with Gasteiger partial charge in [0.15, 0.2) is 0 Å². The minimum atomic E-state index is -4.49. The standard InChI is InChI=1S/C11H9F3N2O2/c12-11(13,14)9-2-1-6(5-15-9)8-3-7(17)4-10(18)16-8/h1-2,4-5,8,17H,3H2,(H,16,18). The molecule has 0 bridgehead atoms. The first-order chi connectivity index (χ1) is 8.36. The number of halogens is 3. The van der Waals surface area contributed by atoms with Crippen LogP contribution >= 0.6 is 0 Å². The Balaban J connectivity index is 2.21. The van der Waals surface area contributed by atoms with Crippen LogP contribution in [0.25, 0.3) is 0 Å². The number of hydrogen-bond acceptors (Lipinski definition) is 3. The number of aromatic nitrogens is 1. The molecule has 1 aliphatic rings. The van der Waals surface area contributed by atoms with Crippen molar-refractivity contribution in [3.8, 4) is 0 Å². The maximum Gasteiger partial charge on any atom is 0.433 e. The van der Waals surface area contributed by atoms with Crippen LogP contribution in [0.3, 0.4) is 0 Å². The summed E-state index contributed by atoms with van der Waals surface area (Å²) >= 11 is 0. The molecule has 2 rings (SSSR count). The molecule has 2 heterocycles. The highest BCUT2D eigenvalue weighted by Crippen LogP contribution is 2.29. The lowest BCUT2D eigenvalue weighted by atomic mass is 10.0. The van der Waals surface area contributed by atoms with Crippen molar-refractivity contribution < 1.29 is 23.1 Å². The second-order valence-electron chi connectivity index (χ2n) is 3.88. The van der Waals surface area contributed by atoms with Gasteiger partial charge in [-0.05, 0) is 11.6 Å². The van der Waals surface area contributed by atoms with Crippen LogP contribution in [0.2, 0.25) is 0 Å². The zero-order chi connectivity index (χ0) is 13.3. The Labute approximate surface area is 100 Å². The molecule has 1 unspecified atom stereocenters. The van der Waals surface area contributed by atoms with Crippen LogP contribution in [0.5, 0.6) is 0 Å². The Bertz CT molecular complexity index is 494. The monoisotopic (exact) mass is 258 g/mol. The van der Waals surface area contributed by atoms with E-state index in [0.717, 1.165) is 18.3 Å². The summed E-state index contributed by atoms with van der Waals surface area (Å²) in [5.74, 6) is -0.590. The van der Waals surface area contributed by atoms with Crippen LogP contribution in [-0.4, -0.2) is 16.0 Å². The molecule has 7 heteroatoms. The van der Waals surface area contributed by atoms with Gasteiger partial charge in [-0.1, -0.05) is 6.07 Å². The number of carbonyl (C=O) groups excluding carboxylic acids is 1. The van der Waals surface area contributed by atoms with E-state index >= 15 is 0 Å². The number of aliphatic hydroxyl groups excluding tert-OH is 1. The van der Waals surface area contributed by atoms with E-state index in [9.17, 15) is 23.1 Å². The molecule has 0 aliphatic carbocycles. The lowest BCUT2D eigenvalue weighted by Gasteiger charge is -2.21. The van der Waals surface area contributed by atoms with Crippen molar-refractivity contribution in [3.05, 3.63) is 41.4 Å². The molecule has 0 saturated carbocycles. The van der Waals surface area contributed by atoms with Gasteiger partial charge in [-0.2, -0.15) is 13.2 Å². The van der Waals surface area contributed by atoms with Crippen molar-refractivity contribution >= 4 is 5.91 Å². The SMILES string of the molecule is O=C1C=C(O)CC(c2ccc(C(F)(F)F)nc2)N1. The second kappa shape index (κ2) is 4.32. The predicted octanol–water partition coefficient (Wildman–Crippen LogP) is 2.10. The van der Waals surface area contributed by atoms with Crippen molar-refractivity contribution in [2.24, 2.45) is 0 Å². The number of carbonyl (C=O) groups is 1. The molecular weight excluding hydrogens is 249 g/mol. The fourth-order valence-electron chi connectivity index (χ4n) is 1.66. The molecule has 2 N–H and O–H groups in total. The molecule has 4 nitrogen and oxygen atoms in total. The maximum absolute atomic E-state index is 12.3. The zero-order valence-electron chi connectivity index (χ0n) is 9.03. The average molecular weight is 258 g/mol. The van der Waals surface area contributed by atoms with Crippen LogP contribution < -0.4 is 5.32 Å². The van der Waals surface area contributed by atoms with Crippen LogP contribution in [0.15, 0.2) is 30.2 Å². The fourth-order valence-corrected chi connectivity index (χ4v) is 1.66. The average Bonchev–Trinajstić information content (AvgIpc) is 2.27. The molecule has 0 saturated heterocycles. The van der Waals surface area contributed by atoms with E-state index in [1.54, 1.807) is 0 Å². The Kier molecular flexibility index (Phi) is 2.98. The lowest BCUT2D eigenvalue weighted by molar-refractivity contribution is -0.141. The minimum absolute atomic E-state index is 0.108. The highest BCUT2D eigenvalue weighted by Gasteiger charge is 2.32. The van der Waals surface area contributed by atoms with E-state index in [1.807, 2.05) is 0 Å². The lowest BCUT2D eigenvalue weighted by Crippen LogP contribution is -2.31. The largest absolute Gasteiger partial charge is 0.512 e. The Morgan fingerprint density at radius 1 is 1.39 bits per heavy atom. The van der Waals surface area contributed by atoms with Gasteiger partial charge < -0.3 is 10.4 Å². The molecule has 1 aromatic rings. The van der Waals surface area contributed by atoms with E-state index in [4.69, 9.17) is 0 Å². The molecule has 0 fully saturated rings. The third kappa shape index (κ3) is 2.61. The molecule has 1 amide bonds. The van der Waals surface area contributed by atoms with Gasteiger partial charge in [0.25, 0.3) is 0 Å². The highest BCUT2D eigenvalue weighted by atomic mass is 19.4. The van der Waals surface area contributed by atoms with Crippen molar-refractivity contribution in [2.75, 3.05) is 0 Å². The molecule has 0 spiro atoms. The van der Waals surface area contributed by atoms with Crippen molar-refractivity contribution in [1.29, 1.82) is 0 Å². The van der Waals surface area contributed by atoms with E-state index in [1.165, 1.54) is 6.07 Å². The summed E-state index contributed by atoms with van der Waals surface area (Å²) in [6.45, 7) is 0. The van der Waals surface area contributed by atoms with Gasteiger partial charge in [0.05, 0.1) is 6.04 Å². The molecule has 18 heavy (non-hydrogen) atoms. The summed E-state index contributed by atoms with van der Waals surface area (Å²) in [7, 11) is 0. The van der Waals surface area contributed by atoms with Crippen LogP contribution in [0.1, 0.15) is 23.7 Å². The number of pyridine rings is 1. The summed E-state index contributed by atoms with van der Waals surface area (Å²) in [5.41, 5.74) is -0.579. The zero-order valence-corrected chi connectivity index (χ0v) is 9.03. The van der Waals surface area contributed by atoms with Crippen molar-refractivity contribution in [1.82, 2.24) is 10.3 Å². The number of nitrogens with zero attached hydrogens (tertiary/aromatic N) is 1. The van der Waals surface area contributed by atoms with Crippen LogP contribution in [-0.2, 0) is 11.0 Å². The molecule has 0 aromatic carbocycles. The number of hydrogen-bond donors (Lipinski definition) is 2. The van der Waals surface area contributed by atoms with Gasteiger partial charge in [0.2, 0.25) is 5.91 Å². The smallest absolute Gasteiger partial charge is 0.433 e. The maximum atomic E-state index is 12.3. The first-order valence-electron chi connectivity index (χ1n) is 5.09. The highest BCUT2D eigenvalue weighted by molar-refractivity contribution is 5.89. The second-order valence-corrected chi connectivity index (χ2v) is 3.88. The minimum Gasteiger partial charge on any atom is -0.512 e. The van der Waals surface area contributed by atoms with Gasteiger partial charge in [-0.15, -0.1) is 0 Å². The summed E-state index contributed by atoms with van der Waals surface area (Å²) in [5, 5.41) is 11.8. The first-order valence-corrected chi connectivity index (χ1v) is 5.09. The van der Waals surface area contributed by atoms with E-state index in [2.05, 4.69) is 10.3 Å². The van der Waals surface area contributed by atoms with E-state index < -0.39 is 23.8 Å². The Hall–Kier alpha value is -2.05. The van der Waals surface area contributed by atoms with Crippen molar-refractivity contribution in [2.45, 2.75) is 18.6 Å². The quantitative estimate of drug-likeness (QED) is 0.810. The number of aliphatic hydroxyl groups is 1. The normalized spacial score (nSPS) is 20.3. The molecular formula is C11H9F3N2O2. The van der Waals surface area contributed by atoms with Crippen LogP contribution in [0, 0.1) is 0 Å². The van der Waals surface area contributed by atoms with Gasteiger partial charge in [-0.25, -0.2) is 0 Å². The fraction of sp³-hybridized carbons (Fsp3) is 0.273. The van der Waals surface area contributed by atoms with Gasteiger partial charge in [0, 0.05) is 18.7 Å². The summed E-state index contributed by atoms with van der Waals surface area (Å²) in [6, 6.07) is 1.52. The van der Waals surface area contributed by atoms with Crippen LogP contribution in [0.4, 0.5) is 13.2 Å². The summed E-state index contributed by atoms with van der Waals surface area (Å²) < 4.78 is 36.9. The molecule has 0 radical (unpaired) electrons. The van der Waals surface area contributed by atoms with E-state index in [0.29, 0.717) is 5.56 Å². The summed E-state index contributed by atoms with van der Waals surface area (Å²) in [6.07, 6.45) is -2.27. The van der Waals surface area contributed by atoms with E-state index in [-0.39, 0.29) is 12.2 Å². The predicted molar refractivity (Wildman–Crippen MR) is 55.5 cm³/mol. The number of amides is 1.